The lowest BCUT2D eigenvalue weighted by Gasteiger charge is -2.06. The van der Waals surface area contributed by atoms with E-state index in [0.717, 1.165) is 16.5 Å². The second-order valence-corrected chi connectivity index (χ2v) is 7.41. The Balaban J connectivity index is 1.65. The molecule has 0 aliphatic heterocycles. The molecule has 0 bridgehead atoms. The Bertz CT molecular complexity index is 1480. The molecule has 0 saturated heterocycles. The van der Waals surface area contributed by atoms with Crippen molar-refractivity contribution in [2.24, 2.45) is 0 Å². The number of aryl methyl sites for hydroxylation is 1. The maximum absolute atomic E-state index is 14.2. The number of halogens is 1. The zero-order valence-electron chi connectivity index (χ0n) is 17.2. The van der Waals surface area contributed by atoms with Crippen LogP contribution < -0.4 is 0 Å². The van der Waals surface area contributed by atoms with Crippen LogP contribution in [0.1, 0.15) is 16.7 Å². The van der Waals surface area contributed by atoms with Crippen molar-refractivity contribution < 1.29 is 4.39 Å². The van der Waals surface area contributed by atoms with Crippen LogP contribution in [0.5, 0.6) is 0 Å². The summed E-state index contributed by atoms with van der Waals surface area (Å²) >= 11 is 0. The molecule has 3 aromatic heterocycles. The van der Waals surface area contributed by atoms with Gasteiger partial charge in [-0.3, -0.25) is 0 Å². The van der Waals surface area contributed by atoms with Crippen molar-refractivity contribution in [2.45, 2.75) is 13.5 Å². The molecule has 7 heteroatoms. The summed E-state index contributed by atoms with van der Waals surface area (Å²) in [6.45, 7) is 2.23. The third-order valence-corrected chi connectivity index (χ3v) is 5.23. The topological polar surface area (TPSA) is 80.3 Å². The van der Waals surface area contributed by atoms with Gasteiger partial charge in [-0.1, -0.05) is 48.0 Å². The lowest BCUT2D eigenvalue weighted by molar-refractivity contribution is 0.589. The number of nitriles is 1. The maximum Gasteiger partial charge on any atom is 0.181 e. The quantitative estimate of drug-likeness (QED) is 0.412. The van der Waals surface area contributed by atoms with Crippen LogP contribution >= 0.6 is 0 Å². The predicted octanol–water partition coefficient (Wildman–Crippen LogP) is 4.92. The highest BCUT2D eigenvalue weighted by molar-refractivity contribution is 5.89. The van der Waals surface area contributed by atoms with Crippen LogP contribution in [0.2, 0.25) is 0 Å². The Morgan fingerprint density at radius 2 is 1.78 bits per heavy atom. The van der Waals surface area contributed by atoms with Gasteiger partial charge >= 0.3 is 0 Å². The van der Waals surface area contributed by atoms with E-state index in [1.807, 2.05) is 43.3 Å². The molecule has 3 heterocycles. The average Bonchev–Trinajstić information content (AvgIpc) is 3.19. The molecule has 0 unspecified atom stereocenters. The first-order valence-corrected chi connectivity index (χ1v) is 10.0. The van der Waals surface area contributed by atoms with Crippen molar-refractivity contribution in [1.29, 1.82) is 5.26 Å². The second kappa shape index (κ2) is 8.00. The Morgan fingerprint density at radius 1 is 0.969 bits per heavy atom. The summed E-state index contributed by atoms with van der Waals surface area (Å²) < 4.78 is 15.9. The highest BCUT2D eigenvalue weighted by Crippen LogP contribution is 2.28. The van der Waals surface area contributed by atoms with Crippen molar-refractivity contribution in [1.82, 2.24) is 24.7 Å². The van der Waals surface area contributed by atoms with Crippen LogP contribution in [-0.4, -0.2) is 24.7 Å². The van der Waals surface area contributed by atoms with Crippen LogP contribution in [0.15, 0.2) is 73.1 Å². The van der Waals surface area contributed by atoms with Crippen molar-refractivity contribution in [3.05, 3.63) is 95.6 Å². The molecule has 5 rings (SSSR count). The monoisotopic (exact) mass is 420 g/mol. The fourth-order valence-corrected chi connectivity index (χ4v) is 3.58. The molecule has 0 atom stereocenters. The fraction of sp³-hybridized carbons (Fsp3) is 0.0800. The number of rotatable bonds is 4. The van der Waals surface area contributed by atoms with E-state index in [4.69, 9.17) is 4.98 Å². The normalized spacial score (nSPS) is 10.9. The zero-order chi connectivity index (χ0) is 22.1. The first kappa shape index (κ1) is 19.5. The number of pyridine rings is 1. The van der Waals surface area contributed by atoms with Gasteiger partial charge in [-0.25, -0.2) is 24.0 Å². The molecule has 0 fully saturated rings. The molecule has 6 nitrogen and oxygen atoms in total. The summed E-state index contributed by atoms with van der Waals surface area (Å²) in [7, 11) is 0. The van der Waals surface area contributed by atoms with Gasteiger partial charge in [-0.2, -0.15) is 10.4 Å². The molecule has 0 radical (unpaired) electrons. The summed E-state index contributed by atoms with van der Waals surface area (Å²) in [5.41, 5.74) is 4.51. The Kier molecular flexibility index (Phi) is 4.88. The van der Waals surface area contributed by atoms with Gasteiger partial charge in [0.25, 0.3) is 0 Å². The van der Waals surface area contributed by atoms with Gasteiger partial charge in [0.2, 0.25) is 0 Å². The van der Waals surface area contributed by atoms with E-state index in [9.17, 15) is 9.65 Å². The third kappa shape index (κ3) is 3.48. The van der Waals surface area contributed by atoms with Crippen LogP contribution in [0, 0.1) is 24.1 Å². The molecular weight excluding hydrogens is 403 g/mol. The maximum atomic E-state index is 14.2. The molecule has 0 amide bonds. The summed E-state index contributed by atoms with van der Waals surface area (Å²) in [6.07, 6.45) is 3.18. The van der Waals surface area contributed by atoms with Crippen molar-refractivity contribution in [3.63, 3.8) is 0 Å². The fourth-order valence-electron chi connectivity index (χ4n) is 3.58. The lowest BCUT2D eigenvalue weighted by atomic mass is 10.1. The number of hydrogen-bond acceptors (Lipinski definition) is 5. The average molecular weight is 420 g/mol. The molecule has 0 N–H and O–H groups in total. The first-order chi connectivity index (χ1) is 15.6. The standard InChI is InChI=1S/C25H17FN6/c1-16-8-10-17(11-9-16)22-19(13-27)14-29-24(30-22)23-20-6-4-12-28-25(20)32(31-23)15-18-5-2-3-7-21(18)26/h2-12,14H,15H2,1H3. The van der Waals surface area contributed by atoms with Gasteiger partial charge in [-0.15, -0.1) is 0 Å². The van der Waals surface area contributed by atoms with Gasteiger partial charge in [0.15, 0.2) is 11.5 Å². The van der Waals surface area contributed by atoms with E-state index in [2.05, 4.69) is 21.1 Å². The van der Waals surface area contributed by atoms with Crippen LogP contribution in [0.25, 0.3) is 33.8 Å². The van der Waals surface area contributed by atoms with Crippen molar-refractivity contribution >= 4 is 11.0 Å². The van der Waals surface area contributed by atoms with Gasteiger partial charge in [-0.05, 0) is 25.1 Å². The summed E-state index contributed by atoms with van der Waals surface area (Å²) in [6, 6.07) is 20.3. The summed E-state index contributed by atoms with van der Waals surface area (Å²) in [5.74, 6) is 0.0785. The summed E-state index contributed by atoms with van der Waals surface area (Å²) in [5, 5.41) is 15.0. The van der Waals surface area contributed by atoms with Crippen molar-refractivity contribution in [2.75, 3.05) is 0 Å². The molecule has 0 aliphatic rings. The number of hydrogen-bond donors (Lipinski definition) is 0. The smallest absolute Gasteiger partial charge is 0.181 e. The number of nitrogens with zero attached hydrogens (tertiary/aromatic N) is 6. The molecule has 0 spiro atoms. The molecule has 0 aliphatic carbocycles. The van der Waals surface area contributed by atoms with E-state index in [1.54, 1.807) is 29.1 Å². The Labute approximate surface area is 183 Å². The van der Waals surface area contributed by atoms with Crippen LogP contribution in [0.3, 0.4) is 0 Å². The van der Waals surface area contributed by atoms with E-state index < -0.39 is 0 Å². The predicted molar refractivity (Wildman–Crippen MR) is 119 cm³/mol. The Morgan fingerprint density at radius 3 is 2.56 bits per heavy atom. The van der Waals surface area contributed by atoms with E-state index in [-0.39, 0.29) is 12.4 Å². The van der Waals surface area contributed by atoms with Gasteiger partial charge in [0, 0.05) is 23.5 Å². The minimum Gasteiger partial charge on any atom is -0.242 e. The van der Waals surface area contributed by atoms with E-state index in [0.29, 0.717) is 34.0 Å². The van der Waals surface area contributed by atoms with Gasteiger partial charge < -0.3 is 0 Å². The molecule has 0 saturated carbocycles. The first-order valence-electron chi connectivity index (χ1n) is 10.0. The minimum atomic E-state index is -0.301. The second-order valence-electron chi connectivity index (χ2n) is 7.41. The molecule has 5 aromatic rings. The van der Waals surface area contributed by atoms with Crippen LogP contribution in [-0.2, 0) is 6.54 Å². The highest BCUT2D eigenvalue weighted by atomic mass is 19.1. The highest BCUT2D eigenvalue weighted by Gasteiger charge is 2.18. The summed E-state index contributed by atoms with van der Waals surface area (Å²) in [4.78, 5) is 13.5. The lowest BCUT2D eigenvalue weighted by Crippen LogP contribution is -2.05. The number of benzene rings is 2. The molecule has 32 heavy (non-hydrogen) atoms. The van der Waals surface area contributed by atoms with Crippen LogP contribution in [0.4, 0.5) is 4.39 Å². The Hall–Kier alpha value is -4.44. The molecular formula is C25H17FN6. The molecule has 2 aromatic carbocycles. The third-order valence-electron chi connectivity index (χ3n) is 5.23. The van der Waals surface area contributed by atoms with E-state index in [1.165, 1.54) is 12.3 Å². The van der Waals surface area contributed by atoms with Gasteiger partial charge in [0.05, 0.1) is 23.2 Å². The van der Waals surface area contributed by atoms with Gasteiger partial charge in [0.1, 0.15) is 17.6 Å². The molecule has 154 valence electrons. The minimum absolute atomic E-state index is 0.223. The van der Waals surface area contributed by atoms with E-state index >= 15 is 0 Å². The SMILES string of the molecule is Cc1ccc(-c2nc(-c3nn(Cc4ccccc4F)c4ncccc34)ncc2C#N)cc1. The zero-order valence-corrected chi connectivity index (χ0v) is 17.2. The number of fused-ring (bicyclic) bond motifs is 1. The largest absolute Gasteiger partial charge is 0.242 e. The van der Waals surface area contributed by atoms with Crippen molar-refractivity contribution in [3.8, 4) is 28.8 Å². The number of aromatic nitrogens is 5.